The van der Waals surface area contributed by atoms with Gasteiger partial charge < -0.3 is 5.32 Å². The van der Waals surface area contributed by atoms with Crippen molar-refractivity contribution in [1.82, 2.24) is 5.32 Å². The van der Waals surface area contributed by atoms with Crippen LogP contribution in [0.2, 0.25) is 0 Å². The van der Waals surface area contributed by atoms with E-state index in [1.165, 1.54) is 0 Å². The molecular formula is C9H17NO. The van der Waals surface area contributed by atoms with Crippen LogP contribution < -0.4 is 5.32 Å². The molecule has 0 spiro atoms. The van der Waals surface area contributed by atoms with E-state index in [2.05, 4.69) is 11.9 Å². The van der Waals surface area contributed by atoms with E-state index in [9.17, 15) is 4.79 Å². The lowest BCUT2D eigenvalue weighted by atomic mass is 10.1. The Morgan fingerprint density at radius 3 is 2.64 bits per heavy atom. The molecule has 0 fully saturated rings. The van der Waals surface area contributed by atoms with Gasteiger partial charge in [0.2, 0.25) is 0 Å². The van der Waals surface area contributed by atoms with Gasteiger partial charge in [0.25, 0.3) is 0 Å². The van der Waals surface area contributed by atoms with Crippen molar-refractivity contribution in [2.24, 2.45) is 0 Å². The van der Waals surface area contributed by atoms with Crippen LogP contribution >= 0.6 is 0 Å². The first-order valence-electron chi connectivity index (χ1n) is 3.97. The molecule has 0 saturated carbocycles. The van der Waals surface area contributed by atoms with E-state index in [1.54, 1.807) is 0 Å². The molecule has 0 saturated heterocycles. The van der Waals surface area contributed by atoms with Gasteiger partial charge in [-0.3, -0.25) is 4.79 Å². The molecule has 2 heteroatoms. The Hall–Kier alpha value is -0.630. The highest BCUT2D eigenvalue weighted by molar-refractivity contribution is 5.80. The lowest BCUT2D eigenvalue weighted by molar-refractivity contribution is -0.118. The van der Waals surface area contributed by atoms with E-state index < -0.39 is 0 Å². The van der Waals surface area contributed by atoms with Crippen molar-refractivity contribution in [3.8, 4) is 0 Å². The van der Waals surface area contributed by atoms with Crippen molar-refractivity contribution < 1.29 is 4.79 Å². The third-order valence-electron chi connectivity index (χ3n) is 1.38. The smallest absolute Gasteiger partial charge is 0.136 e. The highest BCUT2D eigenvalue weighted by Gasteiger charge is 2.00. The second-order valence-corrected chi connectivity index (χ2v) is 2.88. The van der Waals surface area contributed by atoms with E-state index in [1.807, 2.05) is 14.0 Å². The summed E-state index contributed by atoms with van der Waals surface area (Å²) >= 11 is 0. The minimum atomic E-state index is 0.299. The zero-order valence-electron chi connectivity index (χ0n) is 7.44. The van der Waals surface area contributed by atoms with E-state index in [4.69, 9.17) is 0 Å². The fraction of sp³-hybridized carbons (Fsp3) is 0.667. The van der Waals surface area contributed by atoms with Gasteiger partial charge in [0.05, 0.1) is 0 Å². The molecule has 0 aromatic carbocycles. The van der Waals surface area contributed by atoms with Crippen molar-refractivity contribution in [3.63, 3.8) is 0 Å². The summed E-state index contributed by atoms with van der Waals surface area (Å²) in [5, 5.41) is 3.00. The summed E-state index contributed by atoms with van der Waals surface area (Å²) < 4.78 is 0. The summed E-state index contributed by atoms with van der Waals surface area (Å²) in [6, 6.07) is 0. The Balaban J connectivity index is 3.30. The Kier molecular flexibility index (Phi) is 5.75. The molecule has 0 unspecified atom stereocenters. The first kappa shape index (κ1) is 10.4. The van der Waals surface area contributed by atoms with Crippen LogP contribution in [0.25, 0.3) is 0 Å². The van der Waals surface area contributed by atoms with Crippen molar-refractivity contribution >= 4 is 5.78 Å². The molecule has 64 valence electrons. The summed E-state index contributed by atoms with van der Waals surface area (Å²) in [5.41, 5.74) is 0.958. The largest absolute Gasteiger partial charge is 0.320 e. The van der Waals surface area contributed by atoms with Crippen LogP contribution in [-0.2, 0) is 4.79 Å². The molecular weight excluding hydrogens is 138 g/mol. The number of carbonyl (C=O) groups is 1. The van der Waals surface area contributed by atoms with Gasteiger partial charge in [-0.1, -0.05) is 12.2 Å². The van der Waals surface area contributed by atoms with Crippen LogP contribution in [0.5, 0.6) is 0 Å². The average Bonchev–Trinajstić information content (AvgIpc) is 1.86. The number of Topliss-reactive ketones (excluding diaryl/α,β-unsaturated/α-hetero) is 1. The highest BCUT2D eigenvalue weighted by atomic mass is 16.1. The van der Waals surface area contributed by atoms with Gasteiger partial charge in [0.1, 0.15) is 5.78 Å². The first-order chi connectivity index (χ1) is 5.16. The van der Waals surface area contributed by atoms with Gasteiger partial charge in [-0.15, -0.1) is 0 Å². The molecule has 0 aromatic heterocycles. The minimum Gasteiger partial charge on any atom is -0.320 e. The Labute approximate surface area is 68.7 Å². The maximum atomic E-state index is 11.0. The van der Waals surface area contributed by atoms with Crippen molar-refractivity contribution in [3.05, 3.63) is 12.2 Å². The van der Waals surface area contributed by atoms with Crippen LogP contribution in [0, 0.1) is 0 Å². The fourth-order valence-corrected chi connectivity index (χ4v) is 0.887. The summed E-state index contributed by atoms with van der Waals surface area (Å²) in [5.74, 6) is 0.299. The Morgan fingerprint density at radius 1 is 1.55 bits per heavy atom. The molecule has 0 aliphatic carbocycles. The van der Waals surface area contributed by atoms with E-state index in [0.717, 1.165) is 18.5 Å². The summed E-state index contributed by atoms with van der Waals surface area (Å²) in [6.45, 7) is 6.49. The molecule has 0 atom stereocenters. The lowest BCUT2D eigenvalue weighted by Gasteiger charge is -1.99. The summed E-state index contributed by atoms with van der Waals surface area (Å²) in [4.78, 5) is 11.0. The molecule has 0 rings (SSSR count). The standard InChI is InChI=1S/C9H17NO/c1-8(2)7-9(11)5-4-6-10-3/h10H,1,4-7H2,2-3H3. The topological polar surface area (TPSA) is 29.1 Å². The first-order valence-corrected chi connectivity index (χ1v) is 3.97. The zero-order chi connectivity index (χ0) is 8.69. The van der Waals surface area contributed by atoms with E-state index in [-0.39, 0.29) is 0 Å². The summed E-state index contributed by atoms with van der Waals surface area (Å²) in [7, 11) is 1.89. The fourth-order valence-electron chi connectivity index (χ4n) is 0.887. The average molecular weight is 155 g/mol. The van der Waals surface area contributed by atoms with Crippen LogP contribution in [0.4, 0.5) is 0 Å². The number of carbonyl (C=O) groups excluding carboxylic acids is 1. The quantitative estimate of drug-likeness (QED) is 0.465. The predicted molar refractivity (Wildman–Crippen MR) is 47.6 cm³/mol. The second kappa shape index (κ2) is 6.10. The third-order valence-corrected chi connectivity index (χ3v) is 1.38. The Bertz CT molecular complexity index is 140. The van der Waals surface area contributed by atoms with Crippen molar-refractivity contribution in [2.75, 3.05) is 13.6 Å². The van der Waals surface area contributed by atoms with Gasteiger partial charge in [-0.25, -0.2) is 0 Å². The number of allylic oxidation sites excluding steroid dienone is 1. The zero-order valence-corrected chi connectivity index (χ0v) is 7.44. The van der Waals surface area contributed by atoms with E-state index >= 15 is 0 Å². The van der Waals surface area contributed by atoms with Crippen molar-refractivity contribution in [1.29, 1.82) is 0 Å². The number of nitrogens with one attached hydrogen (secondary N) is 1. The Morgan fingerprint density at radius 2 is 2.18 bits per heavy atom. The van der Waals surface area contributed by atoms with Gasteiger partial charge in [0, 0.05) is 12.8 Å². The number of hydrogen-bond acceptors (Lipinski definition) is 2. The summed E-state index contributed by atoms with van der Waals surface area (Å²) in [6.07, 6.45) is 2.15. The molecule has 0 heterocycles. The van der Waals surface area contributed by atoms with Crippen LogP contribution in [0.15, 0.2) is 12.2 Å². The maximum absolute atomic E-state index is 11.0. The second-order valence-electron chi connectivity index (χ2n) is 2.88. The molecule has 0 aliphatic rings. The van der Waals surface area contributed by atoms with Crippen molar-refractivity contribution in [2.45, 2.75) is 26.2 Å². The molecule has 0 aliphatic heterocycles. The van der Waals surface area contributed by atoms with Gasteiger partial charge in [0.15, 0.2) is 0 Å². The molecule has 0 aromatic rings. The van der Waals surface area contributed by atoms with Gasteiger partial charge >= 0.3 is 0 Å². The number of ketones is 1. The molecule has 0 bridgehead atoms. The molecule has 0 radical (unpaired) electrons. The van der Waals surface area contributed by atoms with Crippen LogP contribution in [0.1, 0.15) is 26.2 Å². The van der Waals surface area contributed by atoms with Crippen LogP contribution in [-0.4, -0.2) is 19.4 Å². The molecule has 1 N–H and O–H groups in total. The molecule has 2 nitrogen and oxygen atoms in total. The van der Waals surface area contributed by atoms with Crippen LogP contribution in [0.3, 0.4) is 0 Å². The predicted octanol–water partition coefficient (Wildman–Crippen LogP) is 1.52. The number of rotatable bonds is 6. The normalized spacial score (nSPS) is 9.64. The highest BCUT2D eigenvalue weighted by Crippen LogP contribution is 2.01. The third kappa shape index (κ3) is 7.26. The van der Waals surface area contributed by atoms with E-state index in [0.29, 0.717) is 18.6 Å². The molecule has 0 amide bonds. The lowest BCUT2D eigenvalue weighted by Crippen LogP contribution is -2.09. The molecule has 11 heavy (non-hydrogen) atoms. The SMILES string of the molecule is C=C(C)CC(=O)CCCNC. The minimum absolute atomic E-state index is 0.299. The number of hydrogen-bond donors (Lipinski definition) is 1. The maximum Gasteiger partial charge on any atom is 0.136 e. The van der Waals surface area contributed by atoms with Gasteiger partial charge in [-0.05, 0) is 26.9 Å². The van der Waals surface area contributed by atoms with Gasteiger partial charge in [-0.2, -0.15) is 0 Å². The monoisotopic (exact) mass is 155 g/mol.